The number of nitrogens with two attached hydrogens (primary N) is 1. The Morgan fingerprint density at radius 3 is 2.59 bits per heavy atom. The molecular weight excluding hydrogens is 546 g/mol. The van der Waals surface area contributed by atoms with Crippen molar-refractivity contribution in [2.24, 2.45) is 0 Å². The summed E-state index contributed by atoms with van der Waals surface area (Å²) in [4.78, 5) is 34.4. The van der Waals surface area contributed by atoms with Gasteiger partial charge < -0.3 is 25.1 Å². The molecule has 0 aliphatic carbocycles. The predicted octanol–water partition coefficient (Wildman–Crippen LogP) is 4.43. The van der Waals surface area contributed by atoms with Crippen LogP contribution in [0.2, 0.25) is 0 Å². The molecule has 0 spiro atoms. The van der Waals surface area contributed by atoms with E-state index >= 15 is 0 Å². The molecule has 1 aromatic carbocycles. The van der Waals surface area contributed by atoms with Crippen LogP contribution in [0.15, 0.2) is 59.2 Å². The number of carbonyl (C=O) groups excluding carboxylic acids is 2. The van der Waals surface area contributed by atoms with Crippen molar-refractivity contribution in [1.29, 1.82) is 0 Å². The Bertz CT molecular complexity index is 1630. The largest absolute Gasteiger partial charge is 0.459 e. The number of ether oxygens (including phenoxy) is 1. The molecule has 212 valence electrons. The third kappa shape index (κ3) is 6.35. The molecule has 9 nitrogen and oxygen atoms in total. The third-order valence-electron chi connectivity index (χ3n) is 6.29. The van der Waals surface area contributed by atoms with Crippen molar-refractivity contribution >= 4 is 34.7 Å². The number of nitrogens with zero attached hydrogens (tertiary/aromatic N) is 3. The number of benzene rings is 1. The maximum atomic E-state index is 14.5. The van der Waals surface area contributed by atoms with Crippen LogP contribution in [0.1, 0.15) is 27.4 Å². The van der Waals surface area contributed by atoms with Crippen LogP contribution in [0.4, 0.5) is 23.4 Å². The number of fused-ring (bicyclic) bond motifs is 1. The number of rotatable bonds is 6. The van der Waals surface area contributed by atoms with Crippen LogP contribution in [0.3, 0.4) is 0 Å². The first-order valence-corrected chi connectivity index (χ1v) is 12.4. The van der Waals surface area contributed by atoms with E-state index in [0.29, 0.717) is 11.4 Å². The molecule has 3 N–H and O–H groups in total. The van der Waals surface area contributed by atoms with E-state index in [0.717, 1.165) is 12.1 Å². The summed E-state index contributed by atoms with van der Waals surface area (Å²) in [6, 6.07) is 9.04. The van der Waals surface area contributed by atoms with Crippen molar-refractivity contribution in [3.8, 4) is 11.3 Å². The van der Waals surface area contributed by atoms with E-state index in [1.54, 1.807) is 12.1 Å². The molecule has 0 unspecified atom stereocenters. The molecule has 4 aromatic rings. The number of anilines is 1. The number of alkyl halides is 3. The van der Waals surface area contributed by atoms with Crippen LogP contribution < -0.4 is 11.1 Å². The maximum Gasteiger partial charge on any atom is 0.420 e. The Morgan fingerprint density at radius 1 is 1.10 bits per heavy atom. The summed E-state index contributed by atoms with van der Waals surface area (Å²) in [7, 11) is 0. The zero-order valence-electron chi connectivity index (χ0n) is 21.4. The molecule has 4 heterocycles. The van der Waals surface area contributed by atoms with Crippen molar-refractivity contribution in [2.75, 3.05) is 32.0 Å². The number of carbonyl (C=O) groups is 2. The smallest absolute Gasteiger partial charge is 0.420 e. The highest BCUT2D eigenvalue weighted by Gasteiger charge is 2.35. The van der Waals surface area contributed by atoms with Crippen molar-refractivity contribution < 1.29 is 36.3 Å². The number of halogens is 4. The van der Waals surface area contributed by atoms with Gasteiger partial charge >= 0.3 is 6.18 Å². The van der Waals surface area contributed by atoms with Crippen LogP contribution >= 0.6 is 0 Å². The van der Waals surface area contributed by atoms with Gasteiger partial charge in [0.25, 0.3) is 5.91 Å². The minimum absolute atomic E-state index is 0.0114. The summed E-state index contributed by atoms with van der Waals surface area (Å²) >= 11 is 0. The van der Waals surface area contributed by atoms with Gasteiger partial charge in [0, 0.05) is 36.3 Å². The topological polar surface area (TPSA) is 124 Å². The van der Waals surface area contributed by atoms with Crippen molar-refractivity contribution in [2.45, 2.75) is 12.7 Å². The fraction of sp³-hybridized carbons (Fsp3) is 0.214. The number of hydrogen-bond donors (Lipinski definition) is 2. The van der Waals surface area contributed by atoms with Crippen LogP contribution in [0.5, 0.6) is 0 Å². The van der Waals surface area contributed by atoms with E-state index in [2.05, 4.69) is 15.3 Å². The molecule has 0 saturated carbocycles. The van der Waals surface area contributed by atoms with E-state index in [-0.39, 0.29) is 55.3 Å². The minimum atomic E-state index is -4.80. The fourth-order valence-corrected chi connectivity index (χ4v) is 4.24. The second-order valence-corrected chi connectivity index (χ2v) is 9.15. The number of pyridine rings is 2. The molecule has 2 amide bonds. The zero-order valence-corrected chi connectivity index (χ0v) is 21.4. The van der Waals surface area contributed by atoms with Crippen LogP contribution in [0.25, 0.3) is 28.3 Å². The third-order valence-corrected chi connectivity index (χ3v) is 6.29. The molecule has 0 radical (unpaired) electrons. The van der Waals surface area contributed by atoms with Gasteiger partial charge in [-0.05, 0) is 54.1 Å². The lowest BCUT2D eigenvalue weighted by Crippen LogP contribution is -2.41. The molecular formula is C28H23F4N5O4. The van der Waals surface area contributed by atoms with Gasteiger partial charge in [-0.2, -0.15) is 13.2 Å². The molecule has 3 aromatic heterocycles. The number of morpholine rings is 1. The number of aromatic nitrogens is 2. The second kappa shape index (κ2) is 11.4. The number of furan rings is 1. The zero-order chi connectivity index (χ0) is 29.1. The SMILES string of the molecule is Nc1ccc(C=CC(=O)NCc2cc3cc(-c4ccc(F)c(C(=O)N5CCOCC5)n4)cc(C(F)(F)F)c3o2)cn1. The van der Waals surface area contributed by atoms with Crippen LogP contribution in [-0.4, -0.2) is 53.0 Å². The van der Waals surface area contributed by atoms with Gasteiger partial charge in [0.15, 0.2) is 11.5 Å². The van der Waals surface area contributed by atoms with Gasteiger partial charge in [-0.15, -0.1) is 0 Å². The molecule has 13 heteroatoms. The second-order valence-electron chi connectivity index (χ2n) is 9.15. The Hall–Kier alpha value is -4.78. The molecule has 1 saturated heterocycles. The van der Waals surface area contributed by atoms with Crippen LogP contribution in [-0.2, 0) is 22.3 Å². The predicted molar refractivity (Wildman–Crippen MR) is 141 cm³/mol. The van der Waals surface area contributed by atoms with E-state index in [4.69, 9.17) is 14.9 Å². The summed E-state index contributed by atoms with van der Waals surface area (Å²) in [6.45, 7) is 0.891. The molecule has 5 rings (SSSR count). The Morgan fingerprint density at radius 2 is 1.88 bits per heavy atom. The molecule has 0 atom stereocenters. The summed E-state index contributed by atoms with van der Waals surface area (Å²) in [5.41, 5.74) is 4.15. The summed E-state index contributed by atoms with van der Waals surface area (Å²) in [6.07, 6.45) is -0.575. The molecule has 0 bridgehead atoms. The highest BCUT2D eigenvalue weighted by atomic mass is 19.4. The lowest BCUT2D eigenvalue weighted by atomic mass is 10.0. The van der Waals surface area contributed by atoms with Crippen molar-refractivity contribution in [3.63, 3.8) is 0 Å². The number of hydrogen-bond acceptors (Lipinski definition) is 7. The van der Waals surface area contributed by atoms with Gasteiger partial charge in [-0.1, -0.05) is 0 Å². The average molecular weight is 570 g/mol. The van der Waals surface area contributed by atoms with Crippen LogP contribution in [0, 0.1) is 5.82 Å². The highest BCUT2D eigenvalue weighted by Crippen LogP contribution is 2.39. The first kappa shape index (κ1) is 27.8. The minimum Gasteiger partial charge on any atom is -0.459 e. The van der Waals surface area contributed by atoms with Gasteiger partial charge in [-0.25, -0.2) is 14.4 Å². The monoisotopic (exact) mass is 569 g/mol. The van der Waals surface area contributed by atoms with E-state index in [9.17, 15) is 27.2 Å². The number of nitrogen functional groups attached to an aromatic ring is 1. The maximum absolute atomic E-state index is 14.5. The lowest BCUT2D eigenvalue weighted by Gasteiger charge is -2.26. The fourth-order valence-electron chi connectivity index (χ4n) is 4.24. The lowest BCUT2D eigenvalue weighted by molar-refractivity contribution is -0.136. The average Bonchev–Trinajstić information content (AvgIpc) is 3.38. The Balaban J connectivity index is 1.41. The highest BCUT2D eigenvalue weighted by molar-refractivity contribution is 5.94. The molecule has 1 aliphatic heterocycles. The van der Waals surface area contributed by atoms with Crippen molar-refractivity contribution in [3.05, 3.63) is 83.1 Å². The van der Waals surface area contributed by atoms with Gasteiger partial charge in [0.1, 0.15) is 17.2 Å². The summed E-state index contributed by atoms with van der Waals surface area (Å²) in [5, 5.41) is 2.64. The number of nitrogens with one attached hydrogen (secondary N) is 1. The normalized spacial score (nSPS) is 14.1. The molecule has 41 heavy (non-hydrogen) atoms. The first-order valence-electron chi connectivity index (χ1n) is 12.4. The number of amides is 2. The quantitative estimate of drug-likeness (QED) is 0.260. The molecule has 1 aliphatic rings. The van der Waals surface area contributed by atoms with Crippen molar-refractivity contribution in [1.82, 2.24) is 20.2 Å². The standard InChI is InChI=1S/C28H23F4N5O4/c29-21-3-4-22(36-25(21)27(39)37-7-9-40-10-8-37)17-11-18-12-19(41-26(18)20(13-17)28(30,31)32)15-35-24(38)6-2-16-1-5-23(33)34-14-16/h1-6,11-14H,7-10,15H2,(H2,33,34)(H,35,38). The first-order chi connectivity index (χ1) is 19.6. The Kier molecular flexibility index (Phi) is 7.70. The van der Waals surface area contributed by atoms with E-state index < -0.39 is 40.6 Å². The van der Waals surface area contributed by atoms with E-state index in [1.807, 2.05) is 0 Å². The summed E-state index contributed by atoms with van der Waals surface area (Å²) < 4.78 is 67.3. The summed E-state index contributed by atoms with van der Waals surface area (Å²) in [5.74, 6) is -1.66. The van der Waals surface area contributed by atoms with Gasteiger partial charge in [0.2, 0.25) is 5.91 Å². The van der Waals surface area contributed by atoms with E-state index in [1.165, 1.54) is 41.4 Å². The Labute approximate surface area is 230 Å². The molecule has 1 fully saturated rings. The van der Waals surface area contributed by atoms with Gasteiger partial charge in [0.05, 0.1) is 31.0 Å². The van der Waals surface area contributed by atoms with Gasteiger partial charge in [-0.3, -0.25) is 9.59 Å².